The number of hydrogen-bond acceptors (Lipinski definition) is 2. The van der Waals surface area contributed by atoms with E-state index in [9.17, 15) is 0 Å². The van der Waals surface area contributed by atoms with E-state index in [0.717, 1.165) is 29.7 Å². The van der Waals surface area contributed by atoms with Crippen LogP contribution >= 0.6 is 23.2 Å². The average Bonchev–Trinajstić information content (AvgIpc) is 2.30. The van der Waals surface area contributed by atoms with Crippen LogP contribution < -0.4 is 5.32 Å². The largest absolute Gasteiger partial charge is 0.312 e. The maximum absolute atomic E-state index is 6.22. The van der Waals surface area contributed by atoms with Gasteiger partial charge < -0.3 is 5.32 Å². The molecule has 0 unspecified atom stereocenters. The molecule has 0 amide bonds. The van der Waals surface area contributed by atoms with E-state index >= 15 is 0 Å². The van der Waals surface area contributed by atoms with Crippen molar-refractivity contribution in [3.8, 4) is 0 Å². The highest BCUT2D eigenvalue weighted by Crippen LogP contribution is 2.29. The van der Waals surface area contributed by atoms with Crippen molar-refractivity contribution in [1.29, 1.82) is 0 Å². The summed E-state index contributed by atoms with van der Waals surface area (Å²) >= 11 is 12.3. The second kappa shape index (κ2) is 6.08. The highest BCUT2D eigenvalue weighted by Gasteiger charge is 2.09. The number of nitrogens with one attached hydrogen (secondary N) is 1. The molecule has 1 heterocycles. The van der Waals surface area contributed by atoms with Crippen molar-refractivity contribution >= 4 is 34.1 Å². The van der Waals surface area contributed by atoms with Crippen molar-refractivity contribution in [2.75, 3.05) is 6.54 Å². The molecule has 1 aromatic heterocycles. The number of fused-ring (bicyclic) bond motifs is 1. The molecule has 0 atom stereocenters. The molecule has 0 bridgehead atoms. The fourth-order valence-corrected chi connectivity index (χ4v) is 2.64. The fourth-order valence-electron chi connectivity index (χ4n) is 2.10. The lowest BCUT2D eigenvalue weighted by Gasteiger charge is -2.12. The van der Waals surface area contributed by atoms with Gasteiger partial charge in [0, 0.05) is 22.6 Å². The Kier molecular flexibility index (Phi) is 4.67. The first-order chi connectivity index (χ1) is 8.97. The highest BCUT2D eigenvalue weighted by atomic mass is 35.5. The molecule has 2 nitrogen and oxygen atoms in total. The van der Waals surface area contributed by atoms with Crippen LogP contribution in [0.4, 0.5) is 0 Å². The summed E-state index contributed by atoms with van der Waals surface area (Å²) in [5.74, 6) is 0.626. The second-order valence-corrected chi connectivity index (χ2v) is 6.07. The molecule has 2 aromatic rings. The van der Waals surface area contributed by atoms with E-state index < -0.39 is 0 Å². The fraction of sp³-hybridized carbons (Fsp3) is 0.400. The van der Waals surface area contributed by atoms with Gasteiger partial charge in [-0.2, -0.15) is 0 Å². The van der Waals surface area contributed by atoms with Gasteiger partial charge >= 0.3 is 0 Å². The van der Waals surface area contributed by atoms with Crippen LogP contribution in [-0.4, -0.2) is 11.5 Å². The van der Waals surface area contributed by atoms with Gasteiger partial charge in [-0.05, 0) is 43.1 Å². The first kappa shape index (κ1) is 14.6. The number of aromatic nitrogens is 1. The zero-order valence-electron chi connectivity index (χ0n) is 11.4. The minimum Gasteiger partial charge on any atom is -0.312 e. The Labute approximate surface area is 124 Å². The molecule has 4 heteroatoms. The predicted octanol–water partition coefficient (Wildman–Crippen LogP) is 4.60. The van der Waals surface area contributed by atoms with Crippen molar-refractivity contribution in [2.24, 2.45) is 5.92 Å². The van der Waals surface area contributed by atoms with Crippen molar-refractivity contribution in [2.45, 2.75) is 27.3 Å². The summed E-state index contributed by atoms with van der Waals surface area (Å²) in [6, 6.07) is 5.76. The molecule has 102 valence electrons. The topological polar surface area (TPSA) is 24.9 Å². The summed E-state index contributed by atoms with van der Waals surface area (Å²) in [5.41, 5.74) is 2.98. The van der Waals surface area contributed by atoms with Crippen LogP contribution in [0.15, 0.2) is 18.2 Å². The number of pyridine rings is 1. The van der Waals surface area contributed by atoms with Gasteiger partial charge in [0.25, 0.3) is 0 Å². The number of aryl methyl sites for hydroxylation is 1. The third-order valence-electron chi connectivity index (χ3n) is 2.91. The summed E-state index contributed by atoms with van der Waals surface area (Å²) in [4.78, 5) is 4.50. The summed E-state index contributed by atoms with van der Waals surface area (Å²) in [6.45, 7) is 8.15. The molecule has 0 spiro atoms. The highest BCUT2D eigenvalue weighted by molar-refractivity contribution is 6.38. The van der Waals surface area contributed by atoms with Gasteiger partial charge in [-0.1, -0.05) is 37.0 Å². The number of halogens is 2. The zero-order chi connectivity index (χ0) is 14.0. The third kappa shape index (κ3) is 3.59. The van der Waals surface area contributed by atoms with Crippen molar-refractivity contribution < 1.29 is 0 Å². The van der Waals surface area contributed by atoms with Gasteiger partial charge in [0.2, 0.25) is 0 Å². The van der Waals surface area contributed by atoms with E-state index in [2.05, 4.69) is 30.2 Å². The first-order valence-corrected chi connectivity index (χ1v) is 7.19. The second-order valence-electron chi connectivity index (χ2n) is 5.23. The van der Waals surface area contributed by atoms with Gasteiger partial charge in [0.1, 0.15) is 0 Å². The molecular formula is C15H18Cl2N2. The molecule has 1 N–H and O–H groups in total. The van der Waals surface area contributed by atoms with Crippen molar-refractivity contribution in [3.05, 3.63) is 39.5 Å². The van der Waals surface area contributed by atoms with Crippen molar-refractivity contribution in [1.82, 2.24) is 10.3 Å². The smallest absolute Gasteiger partial charge is 0.0895 e. The molecule has 2 rings (SSSR count). The lowest BCUT2D eigenvalue weighted by atomic mass is 10.1. The minimum atomic E-state index is 0.608. The Balaban J connectivity index is 2.41. The van der Waals surface area contributed by atoms with E-state index in [1.54, 1.807) is 6.07 Å². The van der Waals surface area contributed by atoms with Crippen LogP contribution in [0, 0.1) is 12.8 Å². The molecule has 0 aliphatic carbocycles. The lowest BCUT2D eigenvalue weighted by molar-refractivity contribution is 0.553. The number of nitrogens with zero attached hydrogens (tertiary/aromatic N) is 1. The third-order valence-corrected chi connectivity index (χ3v) is 3.42. The van der Waals surface area contributed by atoms with Gasteiger partial charge in [0.05, 0.1) is 10.5 Å². The molecule has 0 aliphatic heterocycles. The standard InChI is InChI=1S/C15H18Cl2N2/c1-9(2)7-18-8-11-4-10(3)19-15-13(11)5-12(16)6-14(15)17/h4-6,9,18H,7-8H2,1-3H3. The maximum atomic E-state index is 6.22. The molecule has 0 radical (unpaired) electrons. The minimum absolute atomic E-state index is 0.608. The molecule has 0 aliphatic rings. The van der Waals surface area contributed by atoms with Crippen LogP contribution in [0.1, 0.15) is 25.1 Å². The molecule has 0 fully saturated rings. The average molecular weight is 297 g/mol. The van der Waals surface area contributed by atoms with E-state index in [1.165, 1.54) is 5.56 Å². The SMILES string of the molecule is Cc1cc(CNCC(C)C)c2cc(Cl)cc(Cl)c2n1. The predicted molar refractivity (Wildman–Crippen MR) is 83.0 cm³/mol. The Morgan fingerprint density at radius 1 is 1.21 bits per heavy atom. The number of rotatable bonds is 4. The van der Waals surface area contributed by atoms with Crippen LogP contribution in [-0.2, 0) is 6.54 Å². The number of benzene rings is 1. The van der Waals surface area contributed by atoms with E-state index in [0.29, 0.717) is 16.0 Å². The van der Waals surface area contributed by atoms with E-state index in [-0.39, 0.29) is 0 Å². The molecule has 0 saturated carbocycles. The van der Waals surface area contributed by atoms with Gasteiger partial charge in [-0.3, -0.25) is 4.98 Å². The molecule has 1 aromatic carbocycles. The first-order valence-electron chi connectivity index (χ1n) is 6.43. The van der Waals surface area contributed by atoms with Crippen molar-refractivity contribution in [3.63, 3.8) is 0 Å². The van der Waals surface area contributed by atoms with Gasteiger partial charge in [0.15, 0.2) is 0 Å². The van der Waals surface area contributed by atoms with E-state index in [4.69, 9.17) is 23.2 Å². The molecule has 0 saturated heterocycles. The Bertz CT molecular complexity index is 594. The van der Waals surface area contributed by atoms with Crippen LogP contribution in [0.2, 0.25) is 10.0 Å². The summed E-state index contributed by atoms with van der Waals surface area (Å²) in [7, 11) is 0. The molecule has 19 heavy (non-hydrogen) atoms. The Hall–Kier alpha value is -0.830. The van der Waals surface area contributed by atoms with E-state index in [1.807, 2.05) is 13.0 Å². The monoisotopic (exact) mass is 296 g/mol. The van der Waals surface area contributed by atoms with Gasteiger partial charge in [-0.25, -0.2) is 0 Å². The quantitative estimate of drug-likeness (QED) is 0.892. The summed E-state index contributed by atoms with van der Waals surface area (Å²) in [6.07, 6.45) is 0. The zero-order valence-corrected chi connectivity index (χ0v) is 12.9. The lowest BCUT2D eigenvalue weighted by Crippen LogP contribution is -2.19. The van der Waals surface area contributed by atoms with Crippen LogP contribution in [0.3, 0.4) is 0 Å². The Morgan fingerprint density at radius 2 is 1.95 bits per heavy atom. The summed E-state index contributed by atoms with van der Waals surface area (Å²) < 4.78 is 0. The Morgan fingerprint density at radius 3 is 2.63 bits per heavy atom. The maximum Gasteiger partial charge on any atom is 0.0895 e. The molecular weight excluding hydrogens is 279 g/mol. The summed E-state index contributed by atoms with van der Waals surface area (Å²) in [5, 5.41) is 5.73. The number of hydrogen-bond donors (Lipinski definition) is 1. The normalized spacial score (nSPS) is 11.5. The van der Waals surface area contributed by atoms with Crippen LogP contribution in [0.25, 0.3) is 10.9 Å². The van der Waals surface area contributed by atoms with Gasteiger partial charge in [-0.15, -0.1) is 0 Å². The van der Waals surface area contributed by atoms with Crippen LogP contribution in [0.5, 0.6) is 0 Å².